The van der Waals surface area contributed by atoms with Gasteiger partial charge in [-0.05, 0) is 31.1 Å². The van der Waals surface area contributed by atoms with Crippen molar-refractivity contribution in [3.05, 3.63) is 0 Å². The van der Waals surface area contributed by atoms with Crippen LogP contribution >= 0.6 is 0 Å². The molecule has 128 valence electrons. The number of carboxylic acid groups (broad SMARTS) is 1. The van der Waals surface area contributed by atoms with Gasteiger partial charge in [0.25, 0.3) is 0 Å². The number of aliphatic carboxylic acids is 1. The van der Waals surface area contributed by atoms with E-state index >= 15 is 0 Å². The monoisotopic (exact) mass is 322 g/mol. The lowest BCUT2D eigenvalue weighted by molar-refractivity contribution is -0.150. The largest absolute Gasteiger partial charge is 0.481 e. The van der Waals surface area contributed by atoms with E-state index < -0.39 is 17.4 Å². The number of hydrogen-bond acceptors (Lipinski definition) is 3. The van der Waals surface area contributed by atoms with Crippen LogP contribution in [0.15, 0.2) is 0 Å². The Kier molecular flexibility index (Phi) is 4.10. The van der Waals surface area contributed by atoms with Gasteiger partial charge >= 0.3 is 5.97 Å². The minimum Gasteiger partial charge on any atom is -0.481 e. The molecule has 3 rings (SSSR count). The molecule has 2 heterocycles. The Morgan fingerprint density at radius 2 is 2.04 bits per heavy atom. The summed E-state index contributed by atoms with van der Waals surface area (Å²) in [5, 5.41) is 9.67. The molecule has 2 amide bonds. The Balaban J connectivity index is 1.79. The fourth-order valence-corrected chi connectivity index (χ4v) is 4.74. The molecular weight excluding hydrogens is 296 g/mol. The molecule has 0 aromatic heterocycles. The van der Waals surface area contributed by atoms with E-state index in [0.29, 0.717) is 32.5 Å². The zero-order valence-electron chi connectivity index (χ0n) is 14.0. The van der Waals surface area contributed by atoms with Crippen LogP contribution in [0.4, 0.5) is 0 Å². The van der Waals surface area contributed by atoms with Crippen LogP contribution in [0.1, 0.15) is 46.0 Å². The number of carboxylic acids is 1. The number of hydrogen-bond donors (Lipinski definition) is 1. The van der Waals surface area contributed by atoms with Gasteiger partial charge in [0.2, 0.25) is 11.8 Å². The molecular formula is C17H26N2O4. The normalized spacial score (nSPS) is 31.8. The molecule has 0 spiro atoms. The summed E-state index contributed by atoms with van der Waals surface area (Å²) in [7, 11) is 0. The van der Waals surface area contributed by atoms with Crippen molar-refractivity contribution >= 4 is 17.8 Å². The second-order valence-corrected chi connectivity index (χ2v) is 7.65. The van der Waals surface area contributed by atoms with Gasteiger partial charge in [-0.15, -0.1) is 0 Å². The molecule has 3 atom stereocenters. The van der Waals surface area contributed by atoms with Crippen molar-refractivity contribution in [2.24, 2.45) is 17.3 Å². The first-order valence-corrected chi connectivity index (χ1v) is 8.68. The van der Waals surface area contributed by atoms with Gasteiger partial charge in [-0.2, -0.15) is 0 Å². The second-order valence-electron chi connectivity index (χ2n) is 7.65. The summed E-state index contributed by atoms with van der Waals surface area (Å²) in [5.41, 5.74) is -0.758. The highest BCUT2D eigenvalue weighted by molar-refractivity contribution is 5.90. The first-order valence-electron chi connectivity index (χ1n) is 8.68. The standard InChI is InChI=1S/C17H26N2O4/c1-11(2)14(19-8-4-6-13(19)20)15(21)18-9-12-5-3-7-17(12,10-18)16(22)23/h11-12,14H,3-10H2,1-2H3,(H,22,23)/t12-,14?,17+/m0/s1. The van der Waals surface area contributed by atoms with E-state index in [9.17, 15) is 19.5 Å². The third kappa shape index (κ3) is 2.52. The number of carbonyl (C=O) groups excluding carboxylic acids is 2. The fourth-order valence-electron chi connectivity index (χ4n) is 4.74. The number of likely N-dealkylation sites (tertiary alicyclic amines) is 2. The molecule has 3 fully saturated rings. The van der Waals surface area contributed by atoms with Crippen LogP contribution in [0.3, 0.4) is 0 Å². The highest BCUT2D eigenvalue weighted by Crippen LogP contribution is 2.49. The number of nitrogens with zero attached hydrogens (tertiary/aromatic N) is 2. The van der Waals surface area contributed by atoms with Crippen molar-refractivity contribution in [3.8, 4) is 0 Å². The lowest BCUT2D eigenvalue weighted by Crippen LogP contribution is -2.52. The molecule has 2 aliphatic heterocycles. The topological polar surface area (TPSA) is 77.9 Å². The van der Waals surface area contributed by atoms with Crippen LogP contribution in [0.25, 0.3) is 0 Å². The van der Waals surface area contributed by atoms with E-state index in [1.165, 1.54) is 0 Å². The van der Waals surface area contributed by atoms with Crippen molar-refractivity contribution in [3.63, 3.8) is 0 Å². The van der Waals surface area contributed by atoms with E-state index in [1.54, 1.807) is 9.80 Å². The molecule has 0 bridgehead atoms. The summed E-state index contributed by atoms with van der Waals surface area (Å²) in [4.78, 5) is 40.3. The third-order valence-electron chi connectivity index (χ3n) is 5.94. The van der Waals surface area contributed by atoms with Gasteiger partial charge in [0.1, 0.15) is 6.04 Å². The highest BCUT2D eigenvalue weighted by atomic mass is 16.4. The van der Waals surface area contributed by atoms with Crippen molar-refractivity contribution < 1.29 is 19.5 Å². The highest BCUT2D eigenvalue weighted by Gasteiger charge is 2.56. The van der Waals surface area contributed by atoms with Crippen LogP contribution in [0.5, 0.6) is 0 Å². The predicted octanol–water partition coefficient (Wildman–Crippen LogP) is 1.35. The van der Waals surface area contributed by atoms with Crippen LogP contribution in [0, 0.1) is 17.3 Å². The average Bonchev–Trinajstić information content (AvgIpc) is 3.12. The molecule has 3 aliphatic rings. The van der Waals surface area contributed by atoms with E-state index in [-0.39, 0.29) is 23.7 Å². The van der Waals surface area contributed by atoms with E-state index in [1.807, 2.05) is 13.8 Å². The maximum absolute atomic E-state index is 13.1. The van der Waals surface area contributed by atoms with Gasteiger partial charge in [-0.3, -0.25) is 14.4 Å². The Bertz CT molecular complexity index is 533. The van der Waals surface area contributed by atoms with Gasteiger partial charge in [0.05, 0.1) is 5.41 Å². The molecule has 1 aliphatic carbocycles. The van der Waals surface area contributed by atoms with Gasteiger partial charge in [-0.1, -0.05) is 20.3 Å². The minimum atomic E-state index is -0.770. The summed E-state index contributed by atoms with van der Waals surface area (Å²) in [6, 6.07) is -0.449. The lowest BCUT2D eigenvalue weighted by Gasteiger charge is -2.33. The Hall–Kier alpha value is -1.59. The SMILES string of the molecule is CC(C)C(C(=O)N1C[C@@H]2CCC[C@@]2(C(=O)O)C1)N1CCCC1=O. The second kappa shape index (κ2) is 5.80. The Labute approximate surface area is 136 Å². The zero-order valence-corrected chi connectivity index (χ0v) is 14.0. The summed E-state index contributed by atoms with van der Waals surface area (Å²) in [6.45, 7) is 5.37. The number of carbonyl (C=O) groups is 3. The third-order valence-corrected chi connectivity index (χ3v) is 5.94. The summed E-state index contributed by atoms with van der Waals surface area (Å²) in [6.07, 6.45) is 3.78. The molecule has 6 nitrogen and oxygen atoms in total. The van der Waals surface area contributed by atoms with Crippen LogP contribution in [0.2, 0.25) is 0 Å². The van der Waals surface area contributed by atoms with E-state index in [0.717, 1.165) is 19.3 Å². The van der Waals surface area contributed by atoms with Crippen LogP contribution < -0.4 is 0 Å². The number of amides is 2. The van der Waals surface area contributed by atoms with Crippen molar-refractivity contribution in [2.75, 3.05) is 19.6 Å². The van der Waals surface area contributed by atoms with Gasteiger partial charge in [0.15, 0.2) is 0 Å². The molecule has 0 aromatic carbocycles. The van der Waals surface area contributed by atoms with E-state index in [2.05, 4.69) is 0 Å². The Morgan fingerprint density at radius 3 is 2.57 bits per heavy atom. The molecule has 0 aromatic rings. The van der Waals surface area contributed by atoms with Crippen molar-refractivity contribution in [1.29, 1.82) is 0 Å². The average molecular weight is 322 g/mol. The van der Waals surface area contributed by atoms with Crippen molar-refractivity contribution in [1.82, 2.24) is 9.80 Å². The quantitative estimate of drug-likeness (QED) is 0.847. The van der Waals surface area contributed by atoms with Gasteiger partial charge in [-0.25, -0.2) is 0 Å². The fraction of sp³-hybridized carbons (Fsp3) is 0.824. The van der Waals surface area contributed by atoms with Crippen LogP contribution in [-0.2, 0) is 14.4 Å². The summed E-state index contributed by atoms with van der Waals surface area (Å²) in [5.74, 6) is -0.694. The molecule has 1 saturated carbocycles. The first kappa shape index (κ1) is 16.3. The van der Waals surface area contributed by atoms with Crippen LogP contribution in [-0.4, -0.2) is 58.4 Å². The molecule has 1 N–H and O–H groups in total. The lowest BCUT2D eigenvalue weighted by atomic mass is 9.81. The number of rotatable bonds is 4. The first-order chi connectivity index (χ1) is 10.9. The summed E-state index contributed by atoms with van der Waals surface area (Å²) < 4.78 is 0. The van der Waals surface area contributed by atoms with Gasteiger partial charge < -0.3 is 14.9 Å². The number of fused-ring (bicyclic) bond motifs is 1. The molecule has 23 heavy (non-hydrogen) atoms. The van der Waals surface area contributed by atoms with Gasteiger partial charge in [0, 0.05) is 26.1 Å². The maximum atomic E-state index is 13.1. The molecule has 1 unspecified atom stereocenters. The predicted molar refractivity (Wildman–Crippen MR) is 83.6 cm³/mol. The Morgan fingerprint density at radius 1 is 1.30 bits per heavy atom. The smallest absolute Gasteiger partial charge is 0.311 e. The van der Waals surface area contributed by atoms with E-state index in [4.69, 9.17) is 0 Å². The minimum absolute atomic E-state index is 0.0331. The maximum Gasteiger partial charge on any atom is 0.311 e. The summed E-state index contributed by atoms with van der Waals surface area (Å²) >= 11 is 0. The molecule has 2 saturated heterocycles. The zero-order chi connectivity index (χ0) is 16.8. The van der Waals surface area contributed by atoms with Crippen molar-refractivity contribution in [2.45, 2.75) is 52.0 Å². The molecule has 6 heteroatoms. The molecule has 0 radical (unpaired) electrons.